The Hall–Kier alpha value is -1.72. The molecule has 0 spiro atoms. The number of carbonyl (C=O) groups is 1. The van der Waals surface area contributed by atoms with Crippen LogP contribution in [0, 0.1) is 0 Å². The lowest BCUT2D eigenvalue weighted by Gasteiger charge is -2.41. The molecule has 2 rings (SSSR count). The van der Waals surface area contributed by atoms with E-state index in [9.17, 15) is 9.90 Å². The highest BCUT2D eigenvalue weighted by molar-refractivity contribution is 5.82. The van der Waals surface area contributed by atoms with Gasteiger partial charge in [-0.3, -0.25) is 0 Å². The van der Waals surface area contributed by atoms with E-state index >= 15 is 0 Å². The maximum atomic E-state index is 11.6. The van der Waals surface area contributed by atoms with Crippen LogP contribution in [0.25, 0.3) is 0 Å². The molecule has 0 aliphatic carbocycles. The number of piperidine rings is 1. The third-order valence-electron chi connectivity index (χ3n) is 4.09. The van der Waals surface area contributed by atoms with Gasteiger partial charge in [-0.25, -0.2) is 9.78 Å². The molecule has 0 amide bonds. The average molecular weight is 278 g/mol. The molecule has 110 valence electrons. The molecule has 6 heteroatoms. The van der Waals surface area contributed by atoms with Crippen LogP contribution < -0.4 is 4.90 Å². The Labute approximate surface area is 119 Å². The van der Waals surface area contributed by atoms with Gasteiger partial charge in [0, 0.05) is 6.54 Å². The maximum Gasteiger partial charge on any atom is 0.329 e. The summed E-state index contributed by atoms with van der Waals surface area (Å²) in [5.41, 5.74) is 0.875. The number of aryl methyl sites for hydroxylation is 2. The van der Waals surface area contributed by atoms with Crippen LogP contribution in [0.1, 0.15) is 51.4 Å². The molecule has 0 bridgehead atoms. The third-order valence-corrected chi connectivity index (χ3v) is 4.09. The van der Waals surface area contributed by atoms with Crippen LogP contribution in [0.3, 0.4) is 0 Å². The largest absolute Gasteiger partial charge is 0.480 e. The Bertz CT molecular complexity index is 506. The Morgan fingerprint density at radius 1 is 1.25 bits per heavy atom. The molecule has 1 saturated heterocycles. The predicted octanol–water partition coefficient (Wildman–Crippen LogP) is 1.83. The first-order chi connectivity index (χ1) is 9.52. The smallest absolute Gasteiger partial charge is 0.329 e. The summed E-state index contributed by atoms with van der Waals surface area (Å²) >= 11 is 0. The average Bonchev–Trinajstić information content (AvgIpc) is 2.47. The lowest BCUT2D eigenvalue weighted by Crippen LogP contribution is -2.56. The minimum Gasteiger partial charge on any atom is -0.480 e. The number of nitrogens with zero attached hydrogens (tertiary/aromatic N) is 4. The van der Waals surface area contributed by atoms with Crippen molar-refractivity contribution in [2.75, 3.05) is 11.4 Å². The van der Waals surface area contributed by atoms with E-state index in [1.807, 2.05) is 13.8 Å². The number of hydrogen-bond acceptors (Lipinski definition) is 5. The molecular formula is C14H22N4O2. The van der Waals surface area contributed by atoms with E-state index in [2.05, 4.69) is 15.2 Å². The van der Waals surface area contributed by atoms with Gasteiger partial charge in [-0.05, 0) is 39.0 Å². The normalized spacial score (nSPS) is 22.9. The summed E-state index contributed by atoms with van der Waals surface area (Å²) in [4.78, 5) is 18.0. The fourth-order valence-corrected chi connectivity index (χ4v) is 2.71. The first kappa shape index (κ1) is 14.7. The molecule has 1 unspecified atom stereocenters. The van der Waals surface area contributed by atoms with Gasteiger partial charge in [0.25, 0.3) is 0 Å². The molecule has 0 radical (unpaired) electrons. The van der Waals surface area contributed by atoms with E-state index in [4.69, 9.17) is 0 Å². The second-order valence-electron chi connectivity index (χ2n) is 5.40. The van der Waals surface area contributed by atoms with Crippen molar-refractivity contribution in [2.45, 2.75) is 58.4 Å². The van der Waals surface area contributed by atoms with Crippen LogP contribution in [0.15, 0.2) is 0 Å². The minimum atomic E-state index is -0.932. The molecule has 1 aliphatic rings. The number of aliphatic carboxylic acids is 1. The van der Waals surface area contributed by atoms with Crippen LogP contribution in [-0.2, 0) is 17.6 Å². The predicted molar refractivity (Wildman–Crippen MR) is 75.8 cm³/mol. The molecule has 2 heterocycles. The third kappa shape index (κ3) is 2.46. The zero-order valence-corrected chi connectivity index (χ0v) is 12.4. The molecule has 0 aromatic carbocycles. The van der Waals surface area contributed by atoms with Gasteiger partial charge in [-0.2, -0.15) is 5.10 Å². The summed E-state index contributed by atoms with van der Waals surface area (Å²) < 4.78 is 0. The van der Waals surface area contributed by atoms with Crippen molar-refractivity contribution in [3.63, 3.8) is 0 Å². The molecule has 1 atom stereocenters. The van der Waals surface area contributed by atoms with Crippen molar-refractivity contribution in [3.05, 3.63) is 11.4 Å². The van der Waals surface area contributed by atoms with Crippen molar-refractivity contribution >= 4 is 11.9 Å². The number of hydrogen-bond donors (Lipinski definition) is 1. The number of carboxylic acids is 1. The first-order valence-corrected chi connectivity index (χ1v) is 7.26. The number of aromatic nitrogens is 3. The molecule has 20 heavy (non-hydrogen) atoms. The second-order valence-corrected chi connectivity index (χ2v) is 5.40. The molecule has 1 aliphatic heterocycles. The van der Waals surface area contributed by atoms with Gasteiger partial charge in [0.05, 0.1) is 11.4 Å². The lowest BCUT2D eigenvalue weighted by molar-refractivity contribution is -0.143. The highest BCUT2D eigenvalue weighted by Crippen LogP contribution is 2.31. The molecule has 6 nitrogen and oxygen atoms in total. The molecule has 1 N–H and O–H groups in total. The topological polar surface area (TPSA) is 79.2 Å². The van der Waals surface area contributed by atoms with Gasteiger partial charge in [-0.15, -0.1) is 5.10 Å². The van der Waals surface area contributed by atoms with Crippen molar-refractivity contribution < 1.29 is 9.90 Å². The second kappa shape index (κ2) is 5.73. The van der Waals surface area contributed by atoms with Crippen molar-refractivity contribution in [1.29, 1.82) is 0 Å². The van der Waals surface area contributed by atoms with Gasteiger partial charge in [0.15, 0.2) is 0 Å². The standard InChI is InChI=1S/C14H22N4O2/c1-4-10-11(5-2)16-17-13(15-10)18-9-7-6-8-14(18,3)12(19)20/h4-9H2,1-3H3,(H,19,20). The summed E-state index contributed by atoms with van der Waals surface area (Å²) in [7, 11) is 0. The fraction of sp³-hybridized carbons (Fsp3) is 0.714. The lowest BCUT2D eigenvalue weighted by atomic mass is 9.89. The molecule has 0 saturated carbocycles. The van der Waals surface area contributed by atoms with Gasteiger partial charge >= 0.3 is 5.97 Å². The quantitative estimate of drug-likeness (QED) is 0.905. The van der Waals surface area contributed by atoms with Crippen molar-refractivity contribution in [2.24, 2.45) is 0 Å². The fourth-order valence-electron chi connectivity index (χ4n) is 2.71. The molecule has 1 fully saturated rings. The van der Waals surface area contributed by atoms with Gasteiger partial charge < -0.3 is 10.0 Å². The number of rotatable bonds is 4. The summed E-state index contributed by atoms with van der Waals surface area (Å²) in [6.07, 6.45) is 4.06. The zero-order chi connectivity index (χ0) is 14.8. The molecule has 1 aromatic heterocycles. The number of carboxylic acid groups (broad SMARTS) is 1. The zero-order valence-electron chi connectivity index (χ0n) is 12.4. The van der Waals surface area contributed by atoms with E-state index in [0.717, 1.165) is 37.1 Å². The van der Waals surface area contributed by atoms with E-state index in [-0.39, 0.29) is 0 Å². The summed E-state index contributed by atoms with van der Waals surface area (Å²) in [5, 5.41) is 17.9. The van der Waals surface area contributed by atoms with Crippen molar-refractivity contribution in [3.8, 4) is 0 Å². The Balaban J connectivity index is 2.40. The summed E-state index contributed by atoms with van der Waals surface area (Å²) in [6.45, 7) is 6.46. The summed E-state index contributed by atoms with van der Waals surface area (Å²) in [5.74, 6) is -0.373. The van der Waals surface area contributed by atoms with Crippen molar-refractivity contribution in [1.82, 2.24) is 15.2 Å². The Morgan fingerprint density at radius 2 is 1.95 bits per heavy atom. The first-order valence-electron chi connectivity index (χ1n) is 7.26. The van der Waals surface area contributed by atoms with Gasteiger partial charge in [0.1, 0.15) is 5.54 Å². The van der Waals surface area contributed by atoms with Crippen LogP contribution in [0.2, 0.25) is 0 Å². The van der Waals surface area contributed by atoms with Gasteiger partial charge in [-0.1, -0.05) is 13.8 Å². The van der Waals surface area contributed by atoms with E-state index in [1.165, 1.54) is 0 Å². The Morgan fingerprint density at radius 3 is 2.55 bits per heavy atom. The highest BCUT2D eigenvalue weighted by Gasteiger charge is 2.43. The van der Waals surface area contributed by atoms with E-state index < -0.39 is 11.5 Å². The van der Waals surface area contributed by atoms with E-state index in [0.29, 0.717) is 18.9 Å². The summed E-state index contributed by atoms with van der Waals surface area (Å²) in [6, 6.07) is 0. The number of anilines is 1. The monoisotopic (exact) mass is 278 g/mol. The minimum absolute atomic E-state index is 0.448. The Kier molecular flexibility index (Phi) is 4.20. The molecular weight excluding hydrogens is 256 g/mol. The van der Waals surface area contributed by atoms with Crippen LogP contribution in [-0.4, -0.2) is 38.3 Å². The SMILES string of the molecule is CCc1nnc(N2CCCCC2(C)C(=O)O)nc1CC. The molecule has 1 aromatic rings. The van der Waals surface area contributed by atoms with Crippen LogP contribution >= 0.6 is 0 Å². The van der Waals surface area contributed by atoms with Crippen LogP contribution in [0.5, 0.6) is 0 Å². The highest BCUT2D eigenvalue weighted by atomic mass is 16.4. The van der Waals surface area contributed by atoms with Gasteiger partial charge in [0.2, 0.25) is 5.95 Å². The van der Waals surface area contributed by atoms with E-state index in [1.54, 1.807) is 11.8 Å². The maximum absolute atomic E-state index is 11.6. The van der Waals surface area contributed by atoms with Crippen LogP contribution in [0.4, 0.5) is 5.95 Å².